The first kappa shape index (κ1) is 23.5. The van der Waals surface area contributed by atoms with Crippen LogP contribution in [0.15, 0.2) is 54.6 Å². The van der Waals surface area contributed by atoms with Crippen LogP contribution in [0.3, 0.4) is 0 Å². The van der Waals surface area contributed by atoms with Crippen molar-refractivity contribution in [2.45, 2.75) is 38.1 Å². The largest absolute Gasteiger partial charge is 0.480 e. The van der Waals surface area contributed by atoms with E-state index in [-0.39, 0.29) is 25.1 Å². The van der Waals surface area contributed by atoms with Crippen molar-refractivity contribution in [3.05, 3.63) is 75.8 Å². The number of amides is 1. The Balaban J connectivity index is 2.21. The standard InChI is InChI=1S/C22H24N2O7/c1-2-31-20(26)14-18(16-9-11-17(12-10-16)24(29)30)21(22(27)28)23-19(25)13-8-15-6-4-3-5-7-15/h3-7,9-12,18,21H,2,8,13-14H2,1H3,(H,23,25)(H,27,28)/t18-,21+/m0/s1. The van der Waals surface area contributed by atoms with Crippen LogP contribution in [0.1, 0.15) is 36.8 Å². The van der Waals surface area contributed by atoms with Gasteiger partial charge in [0, 0.05) is 24.5 Å². The summed E-state index contributed by atoms with van der Waals surface area (Å²) in [6.45, 7) is 1.74. The van der Waals surface area contributed by atoms with Crippen molar-refractivity contribution in [2.75, 3.05) is 6.61 Å². The molecule has 164 valence electrons. The Morgan fingerprint density at radius 3 is 2.29 bits per heavy atom. The fourth-order valence-corrected chi connectivity index (χ4v) is 3.15. The van der Waals surface area contributed by atoms with Gasteiger partial charge in [0.25, 0.3) is 5.69 Å². The predicted molar refractivity (Wildman–Crippen MR) is 111 cm³/mol. The van der Waals surface area contributed by atoms with Crippen LogP contribution in [-0.4, -0.2) is 40.5 Å². The molecule has 0 fully saturated rings. The summed E-state index contributed by atoms with van der Waals surface area (Å²) in [5.74, 6) is -3.39. The summed E-state index contributed by atoms with van der Waals surface area (Å²) in [4.78, 5) is 46.8. The number of benzene rings is 2. The Bertz CT molecular complexity index is 913. The lowest BCUT2D eigenvalue weighted by atomic mass is 9.88. The highest BCUT2D eigenvalue weighted by molar-refractivity contribution is 5.85. The van der Waals surface area contributed by atoms with Crippen molar-refractivity contribution in [1.29, 1.82) is 0 Å². The Hall–Kier alpha value is -3.75. The van der Waals surface area contributed by atoms with Gasteiger partial charge < -0.3 is 15.2 Å². The van der Waals surface area contributed by atoms with Gasteiger partial charge in [0.2, 0.25) is 5.91 Å². The number of esters is 1. The second kappa shape index (κ2) is 11.4. The number of hydrogen-bond donors (Lipinski definition) is 2. The zero-order valence-electron chi connectivity index (χ0n) is 17.0. The maximum Gasteiger partial charge on any atom is 0.326 e. The van der Waals surface area contributed by atoms with Gasteiger partial charge >= 0.3 is 11.9 Å². The summed E-state index contributed by atoms with van der Waals surface area (Å²) in [5.41, 5.74) is 1.13. The lowest BCUT2D eigenvalue weighted by Gasteiger charge is -2.25. The second-order valence-corrected chi connectivity index (χ2v) is 6.83. The zero-order chi connectivity index (χ0) is 22.8. The van der Waals surface area contributed by atoms with E-state index < -0.39 is 34.7 Å². The van der Waals surface area contributed by atoms with Gasteiger partial charge in [-0.2, -0.15) is 0 Å². The maximum atomic E-state index is 12.4. The molecular weight excluding hydrogens is 404 g/mol. The molecular formula is C22H24N2O7. The Morgan fingerprint density at radius 1 is 1.10 bits per heavy atom. The SMILES string of the molecule is CCOC(=O)C[C@@H](c1ccc([N+](=O)[O-])cc1)[C@@H](NC(=O)CCc1ccccc1)C(=O)O. The van der Waals surface area contributed by atoms with E-state index in [0.29, 0.717) is 12.0 Å². The summed E-state index contributed by atoms with van der Waals surface area (Å²) < 4.78 is 4.94. The monoisotopic (exact) mass is 428 g/mol. The molecule has 0 bridgehead atoms. The number of carbonyl (C=O) groups is 3. The van der Waals surface area contributed by atoms with Crippen LogP contribution in [0.2, 0.25) is 0 Å². The number of rotatable bonds is 11. The van der Waals surface area contributed by atoms with Gasteiger partial charge in [0.05, 0.1) is 18.0 Å². The summed E-state index contributed by atoms with van der Waals surface area (Å²) in [6, 6.07) is 13.1. The second-order valence-electron chi connectivity index (χ2n) is 6.83. The van der Waals surface area contributed by atoms with E-state index in [1.165, 1.54) is 24.3 Å². The van der Waals surface area contributed by atoms with Crippen LogP contribution in [0.5, 0.6) is 0 Å². The molecule has 0 saturated heterocycles. The average Bonchev–Trinajstić information content (AvgIpc) is 2.75. The van der Waals surface area contributed by atoms with E-state index in [9.17, 15) is 29.6 Å². The zero-order valence-corrected chi connectivity index (χ0v) is 17.0. The normalized spacial score (nSPS) is 12.4. The summed E-state index contributed by atoms with van der Waals surface area (Å²) in [5, 5.41) is 23.1. The minimum atomic E-state index is -1.41. The molecule has 2 N–H and O–H groups in total. The summed E-state index contributed by atoms with van der Waals surface area (Å²) in [6.07, 6.45) is 0.195. The number of nitro groups is 1. The number of nitrogens with zero attached hydrogens (tertiary/aromatic N) is 1. The predicted octanol–water partition coefficient (Wildman–Crippen LogP) is 2.83. The fourth-order valence-electron chi connectivity index (χ4n) is 3.15. The molecule has 0 aliphatic rings. The van der Waals surface area contributed by atoms with Gasteiger partial charge in [-0.15, -0.1) is 0 Å². The minimum absolute atomic E-state index is 0.0696. The Labute approximate surface area is 179 Å². The molecule has 0 heterocycles. The van der Waals surface area contributed by atoms with Crippen molar-refractivity contribution in [2.24, 2.45) is 0 Å². The fraction of sp³-hybridized carbons (Fsp3) is 0.318. The van der Waals surface area contributed by atoms with Crippen molar-refractivity contribution in [3.63, 3.8) is 0 Å². The third-order valence-electron chi connectivity index (χ3n) is 4.69. The third-order valence-corrected chi connectivity index (χ3v) is 4.69. The molecule has 2 aromatic carbocycles. The number of hydrogen-bond acceptors (Lipinski definition) is 6. The first-order valence-electron chi connectivity index (χ1n) is 9.77. The summed E-state index contributed by atoms with van der Waals surface area (Å²) >= 11 is 0. The van der Waals surface area contributed by atoms with Gasteiger partial charge in [-0.3, -0.25) is 19.7 Å². The van der Waals surface area contributed by atoms with E-state index in [2.05, 4.69) is 5.32 Å². The minimum Gasteiger partial charge on any atom is -0.480 e. The van der Waals surface area contributed by atoms with E-state index in [4.69, 9.17) is 4.74 Å². The molecule has 2 atom stereocenters. The number of ether oxygens (including phenoxy) is 1. The topological polar surface area (TPSA) is 136 Å². The molecule has 0 aromatic heterocycles. The highest BCUT2D eigenvalue weighted by Gasteiger charge is 2.33. The van der Waals surface area contributed by atoms with Crippen LogP contribution in [-0.2, 0) is 25.5 Å². The van der Waals surface area contributed by atoms with Crippen LogP contribution in [0.4, 0.5) is 5.69 Å². The van der Waals surface area contributed by atoms with Gasteiger partial charge in [-0.1, -0.05) is 42.5 Å². The molecule has 0 spiro atoms. The lowest BCUT2D eigenvalue weighted by Crippen LogP contribution is -2.45. The first-order valence-corrected chi connectivity index (χ1v) is 9.77. The molecule has 1 amide bonds. The van der Waals surface area contributed by atoms with Gasteiger partial charge in [0.15, 0.2) is 0 Å². The Kier molecular flexibility index (Phi) is 8.68. The van der Waals surface area contributed by atoms with Crippen molar-refractivity contribution in [3.8, 4) is 0 Å². The number of nitro benzene ring substituents is 1. The molecule has 0 saturated carbocycles. The van der Waals surface area contributed by atoms with Crippen molar-refractivity contribution in [1.82, 2.24) is 5.32 Å². The number of nitrogens with one attached hydrogen (secondary N) is 1. The van der Waals surface area contributed by atoms with Crippen LogP contribution in [0.25, 0.3) is 0 Å². The molecule has 2 rings (SSSR count). The number of carbonyl (C=O) groups excluding carboxylic acids is 2. The molecule has 0 aliphatic carbocycles. The number of aliphatic carboxylic acids is 1. The van der Waals surface area contributed by atoms with Crippen LogP contribution >= 0.6 is 0 Å². The number of non-ortho nitro benzene ring substituents is 1. The van der Waals surface area contributed by atoms with Gasteiger partial charge in [0.1, 0.15) is 6.04 Å². The molecule has 31 heavy (non-hydrogen) atoms. The lowest BCUT2D eigenvalue weighted by molar-refractivity contribution is -0.384. The molecule has 2 aromatic rings. The highest BCUT2D eigenvalue weighted by atomic mass is 16.6. The van der Waals surface area contributed by atoms with Gasteiger partial charge in [-0.25, -0.2) is 4.79 Å². The Morgan fingerprint density at radius 2 is 1.74 bits per heavy atom. The van der Waals surface area contributed by atoms with E-state index in [1.54, 1.807) is 6.92 Å². The number of aryl methyl sites for hydroxylation is 1. The maximum absolute atomic E-state index is 12.4. The number of carboxylic acids is 1. The average molecular weight is 428 g/mol. The van der Waals surface area contributed by atoms with E-state index >= 15 is 0 Å². The van der Waals surface area contributed by atoms with Crippen molar-refractivity contribution >= 4 is 23.5 Å². The van der Waals surface area contributed by atoms with E-state index in [1.807, 2.05) is 30.3 Å². The molecule has 9 nitrogen and oxygen atoms in total. The number of carboxylic acid groups (broad SMARTS) is 1. The highest BCUT2D eigenvalue weighted by Crippen LogP contribution is 2.27. The molecule has 9 heteroatoms. The van der Waals surface area contributed by atoms with Gasteiger partial charge in [-0.05, 0) is 24.5 Å². The quantitative estimate of drug-likeness (QED) is 0.319. The first-order chi connectivity index (χ1) is 14.8. The molecule has 0 aliphatic heterocycles. The van der Waals surface area contributed by atoms with E-state index in [0.717, 1.165) is 5.56 Å². The van der Waals surface area contributed by atoms with Crippen LogP contribution in [0, 0.1) is 10.1 Å². The summed E-state index contributed by atoms with van der Waals surface area (Å²) in [7, 11) is 0. The molecule has 0 radical (unpaired) electrons. The molecule has 0 unspecified atom stereocenters. The smallest absolute Gasteiger partial charge is 0.326 e. The van der Waals surface area contributed by atoms with Crippen molar-refractivity contribution < 1.29 is 29.2 Å². The van der Waals surface area contributed by atoms with Crippen LogP contribution < -0.4 is 5.32 Å². The third kappa shape index (κ3) is 7.22.